The maximum atomic E-state index is 8.75. The molecule has 3 rings (SSSR count). The minimum Gasteiger partial charge on any atom is -0.381 e. The van der Waals surface area contributed by atoms with Gasteiger partial charge in [0.1, 0.15) is 10.9 Å². The highest BCUT2D eigenvalue weighted by molar-refractivity contribution is 7.15. The van der Waals surface area contributed by atoms with Crippen LogP contribution in [0.2, 0.25) is 0 Å². The lowest BCUT2D eigenvalue weighted by atomic mass is 10.1. The van der Waals surface area contributed by atoms with E-state index in [1.807, 2.05) is 6.07 Å². The molecule has 0 N–H and O–H groups in total. The van der Waals surface area contributed by atoms with E-state index in [1.165, 1.54) is 11.3 Å². The molecular formula is C11H9N3O2S. The van der Waals surface area contributed by atoms with Crippen LogP contribution in [0.3, 0.4) is 0 Å². The first-order valence-corrected chi connectivity index (χ1v) is 6.10. The molecule has 1 unspecified atom stereocenters. The normalized spacial score (nSPS) is 19.4. The summed E-state index contributed by atoms with van der Waals surface area (Å²) in [6.07, 6.45) is 0.937. The Bertz CT molecular complexity index is 563. The SMILES string of the molecule is N#Cc1ccc(-c2nc(C3CCOC3)no2)s1. The smallest absolute Gasteiger partial charge is 0.268 e. The van der Waals surface area contributed by atoms with Gasteiger partial charge in [0.2, 0.25) is 0 Å². The van der Waals surface area contributed by atoms with Crippen molar-refractivity contribution in [3.8, 4) is 16.8 Å². The van der Waals surface area contributed by atoms with Crippen LogP contribution in [-0.2, 0) is 4.74 Å². The van der Waals surface area contributed by atoms with Gasteiger partial charge in [-0.25, -0.2) is 0 Å². The summed E-state index contributed by atoms with van der Waals surface area (Å²) in [6.45, 7) is 1.42. The Hall–Kier alpha value is -1.71. The Labute approximate surface area is 102 Å². The number of hydrogen-bond donors (Lipinski definition) is 0. The number of nitriles is 1. The van der Waals surface area contributed by atoms with Crippen LogP contribution < -0.4 is 0 Å². The molecule has 3 heterocycles. The fourth-order valence-electron chi connectivity index (χ4n) is 1.75. The van der Waals surface area contributed by atoms with Crippen molar-refractivity contribution >= 4 is 11.3 Å². The second-order valence-corrected chi connectivity index (χ2v) is 4.88. The summed E-state index contributed by atoms with van der Waals surface area (Å²) in [5, 5.41) is 12.7. The van der Waals surface area contributed by atoms with E-state index >= 15 is 0 Å². The fraction of sp³-hybridized carbons (Fsp3) is 0.364. The Balaban J connectivity index is 1.86. The predicted octanol–water partition coefficient (Wildman–Crippen LogP) is 2.17. The highest BCUT2D eigenvalue weighted by Gasteiger charge is 2.23. The van der Waals surface area contributed by atoms with Gasteiger partial charge in [-0.2, -0.15) is 10.2 Å². The Morgan fingerprint density at radius 3 is 3.12 bits per heavy atom. The molecule has 0 saturated carbocycles. The third-order valence-electron chi connectivity index (χ3n) is 2.66. The van der Waals surface area contributed by atoms with Gasteiger partial charge in [0.05, 0.1) is 11.5 Å². The molecule has 0 aliphatic carbocycles. The topological polar surface area (TPSA) is 71.9 Å². The summed E-state index contributed by atoms with van der Waals surface area (Å²) in [5.74, 6) is 1.42. The van der Waals surface area contributed by atoms with Gasteiger partial charge in [-0.3, -0.25) is 0 Å². The molecule has 1 fully saturated rings. The lowest BCUT2D eigenvalue weighted by Gasteiger charge is -1.97. The van der Waals surface area contributed by atoms with Gasteiger partial charge in [-0.15, -0.1) is 11.3 Å². The van der Waals surface area contributed by atoms with Crippen molar-refractivity contribution < 1.29 is 9.26 Å². The molecule has 0 radical (unpaired) electrons. The maximum absolute atomic E-state index is 8.75. The quantitative estimate of drug-likeness (QED) is 0.813. The van der Waals surface area contributed by atoms with Crippen LogP contribution in [0.5, 0.6) is 0 Å². The predicted molar refractivity (Wildman–Crippen MR) is 60.5 cm³/mol. The molecule has 17 heavy (non-hydrogen) atoms. The van der Waals surface area contributed by atoms with Gasteiger partial charge in [-0.05, 0) is 18.6 Å². The van der Waals surface area contributed by atoms with Crippen molar-refractivity contribution in [3.05, 3.63) is 22.8 Å². The number of ether oxygens (including phenoxy) is 1. The van der Waals surface area contributed by atoms with Crippen molar-refractivity contribution in [3.63, 3.8) is 0 Å². The molecule has 6 heteroatoms. The van der Waals surface area contributed by atoms with Gasteiger partial charge in [0.15, 0.2) is 5.82 Å². The van der Waals surface area contributed by atoms with Crippen LogP contribution in [0.1, 0.15) is 23.0 Å². The van der Waals surface area contributed by atoms with E-state index in [9.17, 15) is 0 Å². The molecule has 86 valence electrons. The molecule has 1 aliphatic heterocycles. The molecule has 0 spiro atoms. The molecule has 2 aromatic rings. The van der Waals surface area contributed by atoms with E-state index in [0.717, 1.165) is 17.9 Å². The first-order valence-electron chi connectivity index (χ1n) is 5.28. The third kappa shape index (κ3) is 1.95. The molecule has 2 aromatic heterocycles. The van der Waals surface area contributed by atoms with Crippen molar-refractivity contribution in [2.75, 3.05) is 13.2 Å². The highest BCUT2D eigenvalue weighted by atomic mass is 32.1. The van der Waals surface area contributed by atoms with Crippen molar-refractivity contribution in [2.45, 2.75) is 12.3 Å². The molecule has 1 saturated heterocycles. The molecule has 0 amide bonds. The number of hydrogen-bond acceptors (Lipinski definition) is 6. The Kier molecular flexibility index (Phi) is 2.63. The highest BCUT2D eigenvalue weighted by Crippen LogP contribution is 2.29. The minimum absolute atomic E-state index is 0.239. The van der Waals surface area contributed by atoms with Crippen LogP contribution in [0, 0.1) is 11.3 Å². The first kappa shape index (κ1) is 10.4. The molecule has 0 bridgehead atoms. The third-order valence-corrected chi connectivity index (χ3v) is 3.64. The van der Waals surface area contributed by atoms with Gasteiger partial charge in [0.25, 0.3) is 5.89 Å². The summed E-state index contributed by atoms with van der Waals surface area (Å²) >= 11 is 1.35. The largest absolute Gasteiger partial charge is 0.381 e. The Morgan fingerprint density at radius 1 is 1.47 bits per heavy atom. The van der Waals surface area contributed by atoms with E-state index < -0.39 is 0 Å². The molecular weight excluding hydrogens is 238 g/mol. The summed E-state index contributed by atoms with van der Waals surface area (Å²) < 4.78 is 10.5. The molecule has 1 atom stereocenters. The zero-order valence-electron chi connectivity index (χ0n) is 8.92. The van der Waals surface area contributed by atoms with E-state index in [0.29, 0.717) is 23.2 Å². The summed E-state index contributed by atoms with van der Waals surface area (Å²) in [7, 11) is 0. The maximum Gasteiger partial charge on any atom is 0.268 e. The lowest BCUT2D eigenvalue weighted by Crippen LogP contribution is -1.99. The van der Waals surface area contributed by atoms with Gasteiger partial charge in [-0.1, -0.05) is 5.16 Å². The average Bonchev–Trinajstić information content (AvgIpc) is 3.09. The summed E-state index contributed by atoms with van der Waals surface area (Å²) in [5.41, 5.74) is 0. The van der Waals surface area contributed by atoms with Crippen LogP contribution >= 0.6 is 11.3 Å². The molecule has 1 aliphatic rings. The zero-order chi connectivity index (χ0) is 11.7. The first-order chi connectivity index (χ1) is 8.36. The second kappa shape index (κ2) is 4.28. The minimum atomic E-state index is 0.239. The standard InChI is InChI=1S/C11H9N3O2S/c12-5-8-1-2-9(17-8)11-13-10(14-16-11)7-3-4-15-6-7/h1-2,7H,3-4,6H2. The molecule has 5 nitrogen and oxygen atoms in total. The average molecular weight is 247 g/mol. The van der Waals surface area contributed by atoms with E-state index in [2.05, 4.69) is 16.2 Å². The van der Waals surface area contributed by atoms with Crippen LogP contribution in [0.25, 0.3) is 10.8 Å². The van der Waals surface area contributed by atoms with Crippen LogP contribution in [0.15, 0.2) is 16.7 Å². The van der Waals surface area contributed by atoms with E-state index in [4.69, 9.17) is 14.5 Å². The zero-order valence-corrected chi connectivity index (χ0v) is 9.74. The monoisotopic (exact) mass is 247 g/mol. The van der Waals surface area contributed by atoms with Crippen LogP contribution in [-0.4, -0.2) is 23.4 Å². The number of thiophene rings is 1. The van der Waals surface area contributed by atoms with Gasteiger partial charge in [0, 0.05) is 12.5 Å². The lowest BCUT2D eigenvalue weighted by molar-refractivity contribution is 0.192. The van der Waals surface area contributed by atoms with Gasteiger partial charge >= 0.3 is 0 Å². The van der Waals surface area contributed by atoms with Crippen molar-refractivity contribution in [1.29, 1.82) is 5.26 Å². The number of nitrogens with zero attached hydrogens (tertiary/aromatic N) is 3. The van der Waals surface area contributed by atoms with Crippen molar-refractivity contribution in [1.82, 2.24) is 10.1 Å². The Morgan fingerprint density at radius 2 is 2.41 bits per heavy atom. The van der Waals surface area contributed by atoms with E-state index in [1.54, 1.807) is 6.07 Å². The van der Waals surface area contributed by atoms with Crippen LogP contribution in [0.4, 0.5) is 0 Å². The van der Waals surface area contributed by atoms with E-state index in [-0.39, 0.29) is 5.92 Å². The second-order valence-electron chi connectivity index (χ2n) is 3.79. The molecule has 0 aromatic carbocycles. The van der Waals surface area contributed by atoms with Crippen molar-refractivity contribution in [2.24, 2.45) is 0 Å². The van der Waals surface area contributed by atoms with Gasteiger partial charge < -0.3 is 9.26 Å². The summed E-state index contributed by atoms with van der Waals surface area (Å²) in [6, 6.07) is 5.67. The number of rotatable bonds is 2. The fourth-order valence-corrected chi connectivity index (χ4v) is 2.48. The summed E-state index contributed by atoms with van der Waals surface area (Å²) in [4.78, 5) is 5.83. The number of aromatic nitrogens is 2.